The molecule has 2 aromatic carbocycles. The molecule has 4 amide bonds. The zero-order valence-electron chi connectivity index (χ0n) is 15.9. The third-order valence-electron chi connectivity index (χ3n) is 3.81. The maximum atomic E-state index is 13.7. The third kappa shape index (κ3) is 6.08. The van der Waals surface area contributed by atoms with Crippen LogP contribution in [0.2, 0.25) is 0 Å². The van der Waals surface area contributed by atoms with E-state index in [-0.39, 0.29) is 11.6 Å². The highest BCUT2D eigenvalue weighted by atomic mass is 19.1. The molecule has 0 aliphatic carbocycles. The molecule has 0 aliphatic heterocycles. The SMILES string of the molecule is CC(=O)Nc1cc(NC(=O)C(NC(=O)Nc2ccccc2)C(C)C)ccc1F. The molecule has 0 aliphatic rings. The van der Waals surface area contributed by atoms with Crippen LogP contribution in [0.4, 0.5) is 26.2 Å². The van der Waals surface area contributed by atoms with Crippen LogP contribution in [-0.4, -0.2) is 23.9 Å². The average Bonchev–Trinajstić information content (AvgIpc) is 2.62. The Kier molecular flexibility index (Phi) is 7.08. The van der Waals surface area contributed by atoms with Gasteiger partial charge in [0.15, 0.2) is 0 Å². The van der Waals surface area contributed by atoms with Crippen molar-refractivity contribution in [1.29, 1.82) is 0 Å². The lowest BCUT2D eigenvalue weighted by atomic mass is 10.0. The van der Waals surface area contributed by atoms with E-state index >= 15 is 0 Å². The van der Waals surface area contributed by atoms with Crippen LogP contribution in [0.3, 0.4) is 0 Å². The monoisotopic (exact) mass is 386 g/mol. The normalized spacial score (nSPS) is 11.5. The smallest absolute Gasteiger partial charge is 0.319 e. The zero-order valence-corrected chi connectivity index (χ0v) is 15.9. The van der Waals surface area contributed by atoms with Crippen LogP contribution in [0.5, 0.6) is 0 Å². The van der Waals surface area contributed by atoms with Gasteiger partial charge in [-0.1, -0.05) is 32.0 Å². The number of halogens is 1. The quantitative estimate of drug-likeness (QED) is 0.611. The van der Waals surface area contributed by atoms with Crippen LogP contribution in [0.15, 0.2) is 48.5 Å². The Morgan fingerprint density at radius 1 is 0.893 bits per heavy atom. The van der Waals surface area contributed by atoms with Gasteiger partial charge in [0.2, 0.25) is 11.8 Å². The molecule has 2 aromatic rings. The van der Waals surface area contributed by atoms with Gasteiger partial charge in [-0.15, -0.1) is 0 Å². The Labute approximate surface area is 162 Å². The van der Waals surface area contributed by atoms with Crippen LogP contribution in [0.1, 0.15) is 20.8 Å². The molecule has 1 atom stereocenters. The fraction of sp³-hybridized carbons (Fsp3) is 0.250. The van der Waals surface area contributed by atoms with Crippen LogP contribution >= 0.6 is 0 Å². The molecule has 4 N–H and O–H groups in total. The average molecular weight is 386 g/mol. The first-order valence-electron chi connectivity index (χ1n) is 8.77. The Morgan fingerprint density at radius 3 is 2.18 bits per heavy atom. The molecule has 0 radical (unpaired) electrons. The number of hydrogen-bond donors (Lipinski definition) is 4. The Balaban J connectivity index is 2.06. The van der Waals surface area contributed by atoms with Crippen molar-refractivity contribution in [3.63, 3.8) is 0 Å². The zero-order chi connectivity index (χ0) is 20.7. The van der Waals surface area contributed by atoms with Gasteiger partial charge in [-0.25, -0.2) is 9.18 Å². The molecule has 1 unspecified atom stereocenters. The summed E-state index contributed by atoms with van der Waals surface area (Å²) in [5, 5.41) is 10.3. The first-order valence-corrected chi connectivity index (χ1v) is 8.77. The van der Waals surface area contributed by atoms with Gasteiger partial charge < -0.3 is 21.3 Å². The summed E-state index contributed by atoms with van der Waals surface area (Å²) in [6.45, 7) is 4.84. The summed E-state index contributed by atoms with van der Waals surface area (Å²) < 4.78 is 13.7. The van der Waals surface area contributed by atoms with Gasteiger partial charge in [0.1, 0.15) is 11.9 Å². The van der Waals surface area contributed by atoms with Gasteiger partial charge in [0, 0.05) is 18.3 Å². The van der Waals surface area contributed by atoms with E-state index in [4.69, 9.17) is 0 Å². The lowest BCUT2D eigenvalue weighted by molar-refractivity contribution is -0.118. The summed E-state index contributed by atoms with van der Waals surface area (Å²) in [5.41, 5.74) is 0.855. The van der Waals surface area contributed by atoms with E-state index in [0.29, 0.717) is 11.4 Å². The second kappa shape index (κ2) is 9.50. The van der Waals surface area contributed by atoms with Gasteiger partial charge in [-0.05, 0) is 36.2 Å². The number of carbonyl (C=O) groups is 3. The van der Waals surface area contributed by atoms with E-state index in [1.165, 1.54) is 19.1 Å². The summed E-state index contributed by atoms with van der Waals surface area (Å²) >= 11 is 0. The Bertz CT molecular complexity index is 856. The van der Waals surface area contributed by atoms with Gasteiger partial charge in [0.25, 0.3) is 0 Å². The highest BCUT2D eigenvalue weighted by Gasteiger charge is 2.24. The number of hydrogen-bond acceptors (Lipinski definition) is 3. The maximum Gasteiger partial charge on any atom is 0.319 e. The fourth-order valence-electron chi connectivity index (χ4n) is 2.47. The first kappa shape index (κ1) is 20.9. The predicted octanol–water partition coefficient (Wildman–Crippen LogP) is 3.57. The van der Waals surface area contributed by atoms with Crippen molar-refractivity contribution in [2.24, 2.45) is 5.92 Å². The minimum Gasteiger partial charge on any atom is -0.326 e. The Morgan fingerprint density at radius 2 is 1.57 bits per heavy atom. The molecule has 0 spiro atoms. The van der Waals surface area contributed by atoms with E-state index in [1.807, 2.05) is 6.07 Å². The van der Waals surface area contributed by atoms with E-state index in [1.54, 1.807) is 38.1 Å². The van der Waals surface area contributed by atoms with E-state index in [9.17, 15) is 18.8 Å². The first-order chi connectivity index (χ1) is 13.3. The molecule has 0 fully saturated rings. The topological polar surface area (TPSA) is 99.3 Å². The van der Waals surface area contributed by atoms with E-state index in [0.717, 1.165) is 6.07 Å². The molecule has 7 nitrogen and oxygen atoms in total. The fourth-order valence-corrected chi connectivity index (χ4v) is 2.47. The van der Waals surface area contributed by atoms with Crippen LogP contribution in [0.25, 0.3) is 0 Å². The molecular weight excluding hydrogens is 363 g/mol. The Hall–Kier alpha value is -3.42. The van der Waals surface area contributed by atoms with E-state index in [2.05, 4.69) is 21.3 Å². The second-order valence-electron chi connectivity index (χ2n) is 6.55. The minimum atomic E-state index is -0.821. The summed E-state index contributed by atoms with van der Waals surface area (Å²) in [6.07, 6.45) is 0. The summed E-state index contributed by atoms with van der Waals surface area (Å²) in [4.78, 5) is 36.0. The van der Waals surface area contributed by atoms with Crippen molar-refractivity contribution in [2.75, 3.05) is 16.0 Å². The lowest BCUT2D eigenvalue weighted by Crippen LogP contribution is -2.48. The van der Waals surface area contributed by atoms with Crippen LogP contribution in [0, 0.1) is 11.7 Å². The summed E-state index contributed by atoms with van der Waals surface area (Å²) in [7, 11) is 0. The van der Waals surface area contributed by atoms with E-state index < -0.39 is 29.7 Å². The molecule has 0 aromatic heterocycles. The number of para-hydroxylation sites is 1. The number of urea groups is 1. The molecular formula is C20H23FN4O3. The van der Waals surface area contributed by atoms with Gasteiger partial charge in [0.05, 0.1) is 5.69 Å². The van der Waals surface area contributed by atoms with Gasteiger partial charge >= 0.3 is 6.03 Å². The third-order valence-corrected chi connectivity index (χ3v) is 3.81. The maximum absolute atomic E-state index is 13.7. The van der Waals surface area contributed by atoms with Gasteiger partial charge in [-0.3, -0.25) is 9.59 Å². The molecule has 8 heteroatoms. The molecule has 28 heavy (non-hydrogen) atoms. The highest BCUT2D eigenvalue weighted by molar-refractivity contribution is 6.00. The van der Waals surface area contributed by atoms with Crippen molar-refractivity contribution in [3.8, 4) is 0 Å². The predicted molar refractivity (Wildman–Crippen MR) is 107 cm³/mol. The number of amides is 4. The molecule has 148 valence electrons. The summed E-state index contributed by atoms with van der Waals surface area (Å²) in [6, 6.07) is 11.3. The van der Waals surface area contributed by atoms with Crippen molar-refractivity contribution >= 4 is 34.9 Å². The van der Waals surface area contributed by atoms with Crippen molar-refractivity contribution in [2.45, 2.75) is 26.8 Å². The van der Waals surface area contributed by atoms with Crippen molar-refractivity contribution in [3.05, 3.63) is 54.3 Å². The van der Waals surface area contributed by atoms with Crippen molar-refractivity contribution in [1.82, 2.24) is 5.32 Å². The molecule has 0 saturated carbocycles. The largest absolute Gasteiger partial charge is 0.326 e. The standard InChI is InChI=1S/C20H23FN4O3/c1-12(2)18(25-20(28)24-14-7-5-4-6-8-14)19(27)23-15-9-10-16(21)17(11-15)22-13(3)26/h4-12,18H,1-3H3,(H,22,26)(H,23,27)(H2,24,25,28). The van der Waals surface area contributed by atoms with Crippen LogP contribution in [-0.2, 0) is 9.59 Å². The van der Waals surface area contributed by atoms with Gasteiger partial charge in [-0.2, -0.15) is 0 Å². The second-order valence-corrected chi connectivity index (χ2v) is 6.55. The number of nitrogens with one attached hydrogen (secondary N) is 4. The molecule has 2 rings (SSSR count). The number of benzene rings is 2. The number of rotatable bonds is 6. The highest BCUT2D eigenvalue weighted by Crippen LogP contribution is 2.20. The number of carbonyl (C=O) groups excluding carboxylic acids is 3. The molecule has 0 heterocycles. The minimum absolute atomic E-state index is 0.0406. The molecule has 0 bridgehead atoms. The molecule has 0 saturated heterocycles. The van der Waals surface area contributed by atoms with Crippen molar-refractivity contribution < 1.29 is 18.8 Å². The lowest BCUT2D eigenvalue weighted by Gasteiger charge is -2.22. The summed E-state index contributed by atoms with van der Waals surface area (Å²) in [5.74, 6) is -1.70. The van der Waals surface area contributed by atoms with Crippen LogP contribution < -0.4 is 21.3 Å². The number of anilines is 3.